The Morgan fingerprint density at radius 1 is 1.60 bits per heavy atom. The summed E-state index contributed by atoms with van der Waals surface area (Å²) in [4.78, 5) is 11.0. The predicted octanol–water partition coefficient (Wildman–Crippen LogP) is 3.16. The molecule has 0 aliphatic carbocycles. The first kappa shape index (κ1) is 11.9. The maximum Gasteiger partial charge on any atom is 0.330 e. The van der Waals surface area contributed by atoms with Gasteiger partial charge in [-0.2, -0.15) is 0 Å². The van der Waals surface area contributed by atoms with Gasteiger partial charge in [0.25, 0.3) is 0 Å². The molecule has 1 aromatic carbocycles. The fraction of sp³-hybridized carbons (Fsp3) is 0.182. The van der Waals surface area contributed by atoms with Gasteiger partial charge in [0.1, 0.15) is 5.82 Å². The van der Waals surface area contributed by atoms with E-state index < -0.39 is 5.97 Å². The molecule has 15 heavy (non-hydrogen) atoms. The molecule has 0 unspecified atom stereocenters. The van der Waals surface area contributed by atoms with Crippen LogP contribution in [0.1, 0.15) is 12.5 Å². The van der Waals surface area contributed by atoms with Crippen LogP contribution in [0.3, 0.4) is 0 Å². The van der Waals surface area contributed by atoms with Crippen LogP contribution >= 0.6 is 15.9 Å². The van der Waals surface area contributed by atoms with Gasteiger partial charge in [0.15, 0.2) is 0 Å². The Kier molecular flexibility index (Phi) is 4.49. The van der Waals surface area contributed by atoms with E-state index in [1.54, 1.807) is 19.1 Å². The first-order valence-corrected chi connectivity index (χ1v) is 5.22. The minimum Gasteiger partial charge on any atom is -0.463 e. The van der Waals surface area contributed by atoms with E-state index in [1.807, 2.05) is 0 Å². The Morgan fingerprint density at radius 3 is 2.93 bits per heavy atom. The second kappa shape index (κ2) is 5.66. The molecule has 0 radical (unpaired) electrons. The number of halogens is 2. The topological polar surface area (TPSA) is 26.3 Å². The van der Waals surface area contributed by atoms with Crippen molar-refractivity contribution in [3.63, 3.8) is 0 Å². The summed E-state index contributed by atoms with van der Waals surface area (Å²) in [6.45, 7) is 2.03. The molecule has 2 nitrogen and oxygen atoms in total. The highest BCUT2D eigenvalue weighted by Gasteiger charge is 2.00. The van der Waals surface area contributed by atoms with Crippen LogP contribution in [0.25, 0.3) is 6.08 Å². The van der Waals surface area contributed by atoms with Gasteiger partial charge < -0.3 is 4.74 Å². The molecule has 0 bridgehead atoms. The van der Waals surface area contributed by atoms with Crippen LogP contribution in [0.2, 0.25) is 0 Å². The third-order valence-corrected chi connectivity index (χ3v) is 2.14. The first-order chi connectivity index (χ1) is 7.13. The summed E-state index contributed by atoms with van der Waals surface area (Å²) in [7, 11) is 0. The molecule has 0 saturated heterocycles. The lowest BCUT2D eigenvalue weighted by molar-refractivity contribution is -0.137. The molecule has 0 atom stereocenters. The number of rotatable bonds is 3. The van der Waals surface area contributed by atoms with E-state index in [-0.39, 0.29) is 5.82 Å². The van der Waals surface area contributed by atoms with Crippen molar-refractivity contribution in [1.29, 1.82) is 0 Å². The normalized spacial score (nSPS) is 10.6. The average Bonchev–Trinajstić information content (AvgIpc) is 2.17. The van der Waals surface area contributed by atoms with Gasteiger partial charge in [0, 0.05) is 16.1 Å². The van der Waals surface area contributed by atoms with Gasteiger partial charge in [-0.3, -0.25) is 0 Å². The number of hydrogen-bond acceptors (Lipinski definition) is 2. The second-order valence-corrected chi connectivity index (χ2v) is 3.67. The number of carbonyl (C=O) groups is 1. The molecule has 0 spiro atoms. The summed E-state index contributed by atoms with van der Waals surface area (Å²) in [5.41, 5.74) is 0.353. The zero-order valence-corrected chi connectivity index (χ0v) is 9.75. The van der Waals surface area contributed by atoms with E-state index in [2.05, 4.69) is 20.7 Å². The first-order valence-electron chi connectivity index (χ1n) is 4.43. The third-order valence-electron chi connectivity index (χ3n) is 1.65. The maximum absolute atomic E-state index is 13.3. The van der Waals surface area contributed by atoms with E-state index in [4.69, 9.17) is 0 Å². The van der Waals surface area contributed by atoms with Crippen LogP contribution < -0.4 is 0 Å². The monoisotopic (exact) mass is 272 g/mol. The molecule has 1 aromatic rings. The Hall–Kier alpha value is -1.16. The SMILES string of the molecule is CCOC(=O)/C=C/c1ccc(Br)cc1F. The second-order valence-electron chi connectivity index (χ2n) is 2.75. The molecule has 0 aliphatic rings. The smallest absolute Gasteiger partial charge is 0.330 e. The van der Waals surface area contributed by atoms with Crippen molar-refractivity contribution in [3.05, 3.63) is 40.1 Å². The lowest BCUT2D eigenvalue weighted by atomic mass is 10.2. The van der Waals surface area contributed by atoms with Gasteiger partial charge in [-0.1, -0.05) is 22.0 Å². The lowest BCUT2D eigenvalue weighted by Gasteiger charge is -1.98. The highest BCUT2D eigenvalue weighted by Crippen LogP contribution is 2.16. The zero-order chi connectivity index (χ0) is 11.3. The molecule has 80 valence electrons. The average molecular weight is 273 g/mol. The summed E-state index contributed by atoms with van der Waals surface area (Å²) in [5.74, 6) is -0.857. The molecule has 4 heteroatoms. The predicted molar refractivity (Wildman–Crippen MR) is 59.8 cm³/mol. The van der Waals surface area contributed by atoms with E-state index in [0.29, 0.717) is 16.6 Å². The third kappa shape index (κ3) is 3.83. The summed E-state index contributed by atoms with van der Waals surface area (Å²) < 4.78 is 18.6. The molecule has 0 saturated carbocycles. The van der Waals surface area contributed by atoms with Crippen molar-refractivity contribution in [3.8, 4) is 0 Å². The van der Waals surface area contributed by atoms with Crippen molar-refractivity contribution >= 4 is 28.0 Å². The fourth-order valence-electron chi connectivity index (χ4n) is 0.985. The Labute approximate surface area is 95.9 Å². The highest BCUT2D eigenvalue weighted by molar-refractivity contribution is 9.10. The summed E-state index contributed by atoms with van der Waals surface area (Å²) >= 11 is 3.15. The molecule has 0 aromatic heterocycles. The standard InChI is InChI=1S/C11H10BrFO2/c1-2-15-11(14)6-4-8-3-5-9(12)7-10(8)13/h3-7H,2H2,1H3/b6-4+. The summed E-state index contributed by atoms with van der Waals surface area (Å²) in [6, 6.07) is 4.62. The number of carbonyl (C=O) groups excluding carboxylic acids is 1. The molecule has 1 rings (SSSR count). The van der Waals surface area contributed by atoms with Crippen LogP contribution in [0.5, 0.6) is 0 Å². The maximum atomic E-state index is 13.3. The number of esters is 1. The number of benzene rings is 1. The minimum atomic E-state index is -0.472. The summed E-state index contributed by atoms with van der Waals surface area (Å²) in [6.07, 6.45) is 2.59. The van der Waals surface area contributed by atoms with Crippen molar-refractivity contribution in [2.75, 3.05) is 6.61 Å². The Morgan fingerprint density at radius 2 is 2.33 bits per heavy atom. The van der Waals surface area contributed by atoms with E-state index in [1.165, 1.54) is 18.2 Å². The number of ether oxygens (including phenoxy) is 1. The van der Waals surface area contributed by atoms with Crippen LogP contribution in [0.4, 0.5) is 4.39 Å². The van der Waals surface area contributed by atoms with Crippen LogP contribution in [0, 0.1) is 5.82 Å². The van der Waals surface area contributed by atoms with Crippen LogP contribution in [0.15, 0.2) is 28.7 Å². The molecular formula is C11H10BrFO2. The van der Waals surface area contributed by atoms with Crippen LogP contribution in [-0.2, 0) is 9.53 Å². The zero-order valence-electron chi connectivity index (χ0n) is 8.17. The van der Waals surface area contributed by atoms with Crippen molar-refractivity contribution < 1.29 is 13.9 Å². The molecule has 0 N–H and O–H groups in total. The Balaban J connectivity index is 2.76. The molecule has 0 amide bonds. The van der Waals surface area contributed by atoms with Gasteiger partial charge in [-0.25, -0.2) is 9.18 Å². The minimum absolute atomic E-state index is 0.312. The van der Waals surface area contributed by atoms with Gasteiger partial charge in [-0.05, 0) is 25.1 Å². The summed E-state index contributed by atoms with van der Waals surface area (Å²) in [5, 5.41) is 0. The largest absolute Gasteiger partial charge is 0.463 e. The van der Waals surface area contributed by atoms with Crippen molar-refractivity contribution in [2.45, 2.75) is 6.92 Å². The molecule has 0 fully saturated rings. The van der Waals surface area contributed by atoms with Gasteiger partial charge >= 0.3 is 5.97 Å². The van der Waals surface area contributed by atoms with E-state index >= 15 is 0 Å². The van der Waals surface area contributed by atoms with Gasteiger partial charge in [0.2, 0.25) is 0 Å². The van der Waals surface area contributed by atoms with E-state index in [9.17, 15) is 9.18 Å². The molecule has 0 aliphatic heterocycles. The molecular weight excluding hydrogens is 263 g/mol. The Bertz CT molecular complexity index is 388. The van der Waals surface area contributed by atoms with Gasteiger partial charge in [-0.15, -0.1) is 0 Å². The lowest BCUT2D eigenvalue weighted by Crippen LogP contribution is -1.98. The van der Waals surface area contributed by atoms with Crippen LogP contribution in [-0.4, -0.2) is 12.6 Å². The number of hydrogen-bond donors (Lipinski definition) is 0. The van der Waals surface area contributed by atoms with E-state index in [0.717, 1.165) is 0 Å². The highest BCUT2D eigenvalue weighted by atomic mass is 79.9. The fourth-order valence-corrected chi connectivity index (χ4v) is 1.32. The quantitative estimate of drug-likeness (QED) is 0.624. The molecule has 0 heterocycles. The van der Waals surface area contributed by atoms with Crippen molar-refractivity contribution in [2.24, 2.45) is 0 Å². The van der Waals surface area contributed by atoms with Gasteiger partial charge in [0.05, 0.1) is 6.61 Å². The van der Waals surface area contributed by atoms with Crippen molar-refractivity contribution in [1.82, 2.24) is 0 Å².